The van der Waals surface area contributed by atoms with Crippen molar-refractivity contribution < 1.29 is 13.2 Å². The number of hydrogen-bond donors (Lipinski definition) is 0. The Labute approximate surface area is 168 Å². The maximum Gasteiger partial charge on any atom is 0.246 e. The zero-order chi connectivity index (χ0) is 18.3. The van der Waals surface area contributed by atoms with E-state index in [-0.39, 0.29) is 10.3 Å². The van der Waals surface area contributed by atoms with E-state index < -0.39 is 10.0 Å². The third-order valence-corrected chi connectivity index (χ3v) is 8.60. The molecule has 2 heterocycles. The van der Waals surface area contributed by atoms with Crippen LogP contribution in [0.4, 0.5) is 0 Å². The molecular formula is C16H14BrN3O3S3. The van der Waals surface area contributed by atoms with E-state index in [1.54, 1.807) is 41.4 Å². The summed E-state index contributed by atoms with van der Waals surface area (Å²) in [4.78, 5) is 0.212. The van der Waals surface area contributed by atoms with Crippen molar-refractivity contribution in [1.82, 2.24) is 13.1 Å². The highest BCUT2D eigenvalue weighted by Crippen LogP contribution is 2.43. The van der Waals surface area contributed by atoms with Crippen LogP contribution in [0.2, 0.25) is 0 Å². The lowest BCUT2D eigenvalue weighted by molar-refractivity contribution is 0.410. The van der Waals surface area contributed by atoms with E-state index >= 15 is 0 Å². The molecule has 0 radical (unpaired) electrons. The van der Waals surface area contributed by atoms with Crippen LogP contribution in [0.3, 0.4) is 0 Å². The van der Waals surface area contributed by atoms with Crippen LogP contribution in [-0.2, 0) is 10.0 Å². The summed E-state index contributed by atoms with van der Waals surface area (Å²) in [6.07, 6.45) is 0. The fourth-order valence-electron chi connectivity index (χ4n) is 2.92. The Morgan fingerprint density at radius 3 is 2.88 bits per heavy atom. The van der Waals surface area contributed by atoms with Gasteiger partial charge in [0.2, 0.25) is 10.0 Å². The molecular weight excluding hydrogens is 458 g/mol. The van der Waals surface area contributed by atoms with Crippen molar-refractivity contribution in [2.24, 2.45) is 0 Å². The van der Waals surface area contributed by atoms with Crippen LogP contribution in [0.1, 0.15) is 10.9 Å². The molecule has 1 fully saturated rings. The van der Waals surface area contributed by atoms with Crippen LogP contribution in [-0.4, -0.2) is 40.9 Å². The maximum atomic E-state index is 13.4. The Hall–Kier alpha value is -1.20. The number of methoxy groups -OCH3 is 1. The van der Waals surface area contributed by atoms with Crippen molar-refractivity contribution in [3.63, 3.8) is 0 Å². The number of ether oxygens (including phenoxy) is 1. The average Bonchev–Trinajstić information content (AvgIpc) is 3.30. The summed E-state index contributed by atoms with van der Waals surface area (Å²) in [5, 5.41) is -0.288. The third-order valence-electron chi connectivity index (χ3n) is 4.15. The summed E-state index contributed by atoms with van der Waals surface area (Å²) in [6, 6.07) is 10.7. The van der Waals surface area contributed by atoms with Gasteiger partial charge < -0.3 is 4.74 Å². The van der Waals surface area contributed by atoms with Crippen molar-refractivity contribution in [3.8, 4) is 5.75 Å². The zero-order valence-corrected chi connectivity index (χ0v) is 17.7. The van der Waals surface area contributed by atoms with Crippen molar-refractivity contribution in [3.05, 3.63) is 46.4 Å². The van der Waals surface area contributed by atoms with Gasteiger partial charge in [-0.3, -0.25) is 0 Å². The number of fused-ring (bicyclic) bond motifs is 1. The van der Waals surface area contributed by atoms with Crippen LogP contribution in [0.15, 0.2) is 45.8 Å². The minimum absolute atomic E-state index is 0.212. The first-order chi connectivity index (χ1) is 12.5. The number of hydrogen-bond acceptors (Lipinski definition) is 7. The van der Waals surface area contributed by atoms with Crippen LogP contribution < -0.4 is 4.74 Å². The molecule has 10 heteroatoms. The molecule has 0 aliphatic carbocycles. The molecule has 2 aromatic carbocycles. The maximum absolute atomic E-state index is 13.4. The molecule has 0 N–H and O–H groups in total. The van der Waals surface area contributed by atoms with Crippen molar-refractivity contribution in [2.45, 2.75) is 10.3 Å². The lowest BCUT2D eigenvalue weighted by Crippen LogP contribution is -2.30. The first-order valence-electron chi connectivity index (χ1n) is 7.70. The summed E-state index contributed by atoms with van der Waals surface area (Å²) in [7, 11) is -2.09. The number of rotatable bonds is 4. The lowest BCUT2D eigenvalue weighted by Gasteiger charge is -2.24. The van der Waals surface area contributed by atoms with Crippen LogP contribution in [0.5, 0.6) is 5.75 Å². The van der Waals surface area contributed by atoms with E-state index in [2.05, 4.69) is 24.7 Å². The molecule has 1 aromatic heterocycles. The summed E-state index contributed by atoms with van der Waals surface area (Å²) < 4.78 is 42.6. The first-order valence-corrected chi connectivity index (χ1v) is 11.7. The van der Waals surface area contributed by atoms with Crippen molar-refractivity contribution in [2.75, 3.05) is 19.4 Å². The van der Waals surface area contributed by atoms with Gasteiger partial charge in [0.15, 0.2) is 0 Å². The summed E-state index contributed by atoms with van der Waals surface area (Å²) >= 11 is 6.10. The SMILES string of the molecule is COc1ccc(C2SCCN2S(=O)(=O)c2cccc3nsnc23)cc1Br. The number of halogens is 1. The molecule has 0 saturated carbocycles. The molecule has 0 spiro atoms. The highest BCUT2D eigenvalue weighted by molar-refractivity contribution is 9.10. The molecule has 1 aliphatic rings. The fraction of sp³-hybridized carbons (Fsp3) is 0.250. The predicted octanol–water partition coefficient (Wildman–Crippen LogP) is 3.90. The molecule has 136 valence electrons. The Kier molecular flexibility index (Phi) is 4.95. The lowest BCUT2D eigenvalue weighted by atomic mass is 10.2. The van der Waals surface area contributed by atoms with Crippen LogP contribution >= 0.6 is 39.4 Å². The monoisotopic (exact) mass is 471 g/mol. The molecule has 1 atom stereocenters. The second-order valence-electron chi connectivity index (χ2n) is 5.62. The number of sulfonamides is 1. The second kappa shape index (κ2) is 7.08. The largest absolute Gasteiger partial charge is 0.496 e. The molecule has 1 unspecified atom stereocenters. The van der Waals surface area contributed by atoms with Gasteiger partial charge in [-0.25, -0.2) is 8.42 Å². The Bertz CT molecular complexity index is 1070. The topological polar surface area (TPSA) is 72.4 Å². The Balaban J connectivity index is 1.76. The first kappa shape index (κ1) is 18.2. The van der Waals surface area contributed by atoms with E-state index in [0.29, 0.717) is 23.3 Å². The van der Waals surface area contributed by atoms with Gasteiger partial charge in [0.05, 0.1) is 28.7 Å². The second-order valence-corrected chi connectivity index (χ2v) is 10.1. The molecule has 3 aromatic rings. The highest BCUT2D eigenvalue weighted by Gasteiger charge is 2.38. The minimum atomic E-state index is -3.69. The predicted molar refractivity (Wildman–Crippen MR) is 107 cm³/mol. The van der Waals surface area contributed by atoms with Gasteiger partial charge in [-0.1, -0.05) is 12.1 Å². The molecule has 1 saturated heterocycles. The molecule has 1 aliphatic heterocycles. The summed E-state index contributed by atoms with van der Waals surface area (Å²) in [6.45, 7) is 0.454. The van der Waals surface area contributed by atoms with Gasteiger partial charge in [0.25, 0.3) is 0 Å². The summed E-state index contributed by atoms with van der Waals surface area (Å²) in [5.41, 5.74) is 1.95. The van der Waals surface area contributed by atoms with Gasteiger partial charge in [-0.15, -0.1) is 11.8 Å². The third kappa shape index (κ3) is 3.03. The number of thioether (sulfide) groups is 1. The Morgan fingerprint density at radius 1 is 1.27 bits per heavy atom. The smallest absolute Gasteiger partial charge is 0.246 e. The summed E-state index contributed by atoms with van der Waals surface area (Å²) in [5.74, 6) is 1.45. The van der Waals surface area contributed by atoms with Gasteiger partial charge in [0, 0.05) is 12.3 Å². The van der Waals surface area contributed by atoms with Crippen molar-refractivity contribution >= 4 is 60.5 Å². The zero-order valence-electron chi connectivity index (χ0n) is 13.6. The van der Waals surface area contributed by atoms with Gasteiger partial charge in [-0.2, -0.15) is 13.1 Å². The molecule has 4 rings (SSSR count). The number of benzene rings is 2. The van der Waals surface area contributed by atoms with E-state index in [9.17, 15) is 8.42 Å². The van der Waals surface area contributed by atoms with Gasteiger partial charge >= 0.3 is 0 Å². The molecule has 0 amide bonds. The quantitative estimate of drug-likeness (QED) is 0.574. The molecule has 6 nitrogen and oxygen atoms in total. The highest BCUT2D eigenvalue weighted by atomic mass is 79.9. The Morgan fingerprint density at radius 2 is 2.12 bits per heavy atom. The van der Waals surface area contributed by atoms with Gasteiger partial charge in [0.1, 0.15) is 21.7 Å². The van der Waals surface area contributed by atoms with Crippen LogP contribution in [0, 0.1) is 0 Å². The van der Waals surface area contributed by atoms with Crippen molar-refractivity contribution in [1.29, 1.82) is 0 Å². The van der Waals surface area contributed by atoms with E-state index in [1.165, 1.54) is 0 Å². The number of nitrogens with zero attached hydrogens (tertiary/aromatic N) is 3. The standard InChI is InChI=1S/C16H14BrN3O3S3/c1-23-13-6-5-10(9-11(13)17)16-20(7-8-24-16)26(21,22)14-4-2-3-12-15(14)19-25-18-12/h2-6,9,16H,7-8H2,1H3. The minimum Gasteiger partial charge on any atom is -0.496 e. The number of aromatic nitrogens is 2. The van der Waals surface area contributed by atoms with E-state index in [0.717, 1.165) is 27.5 Å². The van der Waals surface area contributed by atoms with E-state index in [4.69, 9.17) is 4.74 Å². The fourth-order valence-corrected chi connectivity index (χ4v) is 7.46. The molecule has 26 heavy (non-hydrogen) atoms. The average molecular weight is 472 g/mol. The normalized spacial score (nSPS) is 18.5. The molecule has 0 bridgehead atoms. The van der Waals surface area contributed by atoms with Crippen LogP contribution in [0.25, 0.3) is 11.0 Å². The van der Waals surface area contributed by atoms with Gasteiger partial charge in [-0.05, 0) is 45.8 Å². The van der Waals surface area contributed by atoms with E-state index in [1.807, 2.05) is 18.2 Å².